The van der Waals surface area contributed by atoms with Gasteiger partial charge in [0.15, 0.2) is 0 Å². The van der Waals surface area contributed by atoms with Crippen LogP contribution in [0.2, 0.25) is 0 Å². The molecule has 35 heavy (non-hydrogen) atoms. The fourth-order valence-electron chi connectivity index (χ4n) is 4.16. The summed E-state index contributed by atoms with van der Waals surface area (Å²) in [6.45, 7) is 1.71. The number of likely N-dealkylation sites (tertiary alicyclic amines) is 1. The van der Waals surface area contributed by atoms with Crippen LogP contribution in [0.15, 0.2) is 60.7 Å². The zero-order chi connectivity index (χ0) is 25.4. The fourth-order valence-corrected chi connectivity index (χ4v) is 4.16. The molecular formula is C26H32N4O5. The van der Waals surface area contributed by atoms with E-state index in [9.17, 15) is 19.2 Å². The van der Waals surface area contributed by atoms with Crippen molar-refractivity contribution in [3.63, 3.8) is 0 Å². The van der Waals surface area contributed by atoms with Crippen LogP contribution in [0.1, 0.15) is 30.9 Å². The number of hydrogen-bond donors (Lipinski definition) is 4. The Kier molecular flexibility index (Phi) is 8.97. The van der Waals surface area contributed by atoms with E-state index < -0.39 is 47.9 Å². The lowest BCUT2D eigenvalue weighted by atomic mass is 10.0. The molecule has 0 radical (unpaired) electrons. The van der Waals surface area contributed by atoms with Crippen LogP contribution in [-0.4, -0.2) is 64.4 Å². The van der Waals surface area contributed by atoms with Gasteiger partial charge in [-0.05, 0) is 37.3 Å². The zero-order valence-electron chi connectivity index (χ0n) is 19.7. The van der Waals surface area contributed by atoms with E-state index in [1.807, 2.05) is 60.7 Å². The van der Waals surface area contributed by atoms with Gasteiger partial charge in [0.05, 0.1) is 6.04 Å². The normalized spacial score (nSPS) is 17.8. The number of rotatable bonds is 10. The van der Waals surface area contributed by atoms with Gasteiger partial charge in [-0.25, -0.2) is 0 Å². The second-order valence-electron chi connectivity index (χ2n) is 8.81. The Morgan fingerprint density at radius 2 is 1.54 bits per heavy atom. The zero-order valence-corrected chi connectivity index (χ0v) is 19.7. The minimum Gasteiger partial charge on any atom is -0.480 e. The van der Waals surface area contributed by atoms with Crippen LogP contribution in [0, 0.1) is 0 Å². The van der Waals surface area contributed by atoms with Crippen molar-refractivity contribution in [1.82, 2.24) is 15.5 Å². The summed E-state index contributed by atoms with van der Waals surface area (Å²) >= 11 is 0. The van der Waals surface area contributed by atoms with Crippen LogP contribution < -0.4 is 16.4 Å². The highest BCUT2D eigenvalue weighted by Crippen LogP contribution is 2.20. The lowest BCUT2D eigenvalue weighted by Gasteiger charge is -2.30. The Bertz CT molecular complexity index is 1030. The first kappa shape index (κ1) is 25.9. The molecule has 3 amide bonds. The maximum atomic E-state index is 13.6. The van der Waals surface area contributed by atoms with Crippen molar-refractivity contribution in [2.45, 2.75) is 56.8 Å². The van der Waals surface area contributed by atoms with E-state index in [1.165, 1.54) is 11.8 Å². The summed E-state index contributed by atoms with van der Waals surface area (Å²) < 4.78 is 0. The molecule has 9 heteroatoms. The molecule has 9 nitrogen and oxygen atoms in total. The monoisotopic (exact) mass is 480 g/mol. The average molecular weight is 481 g/mol. The minimum atomic E-state index is -1.16. The Morgan fingerprint density at radius 3 is 2.11 bits per heavy atom. The molecule has 1 heterocycles. The average Bonchev–Trinajstić information content (AvgIpc) is 3.34. The first-order valence-corrected chi connectivity index (χ1v) is 11.7. The number of nitrogens with zero attached hydrogens (tertiary/aromatic N) is 1. The van der Waals surface area contributed by atoms with Crippen LogP contribution in [0.4, 0.5) is 0 Å². The van der Waals surface area contributed by atoms with Crippen molar-refractivity contribution in [2.24, 2.45) is 5.73 Å². The van der Waals surface area contributed by atoms with Crippen molar-refractivity contribution in [1.29, 1.82) is 0 Å². The predicted molar refractivity (Wildman–Crippen MR) is 130 cm³/mol. The van der Waals surface area contributed by atoms with E-state index in [0.717, 1.165) is 11.1 Å². The highest BCUT2D eigenvalue weighted by molar-refractivity contribution is 5.94. The highest BCUT2D eigenvalue weighted by Gasteiger charge is 2.38. The molecular weight excluding hydrogens is 448 g/mol. The number of nitrogens with two attached hydrogens (primary N) is 1. The van der Waals surface area contributed by atoms with Crippen molar-refractivity contribution in [3.8, 4) is 0 Å². The molecule has 1 aliphatic heterocycles. The van der Waals surface area contributed by atoms with E-state index in [0.29, 0.717) is 25.8 Å². The summed E-state index contributed by atoms with van der Waals surface area (Å²) in [7, 11) is 0. The molecule has 4 unspecified atom stereocenters. The maximum Gasteiger partial charge on any atom is 0.325 e. The second-order valence-corrected chi connectivity index (χ2v) is 8.81. The van der Waals surface area contributed by atoms with Gasteiger partial charge in [-0.2, -0.15) is 0 Å². The van der Waals surface area contributed by atoms with Gasteiger partial charge in [0.2, 0.25) is 17.7 Å². The third-order valence-electron chi connectivity index (χ3n) is 6.10. The number of nitrogens with one attached hydrogen (secondary N) is 2. The van der Waals surface area contributed by atoms with Crippen molar-refractivity contribution in [2.75, 3.05) is 6.54 Å². The lowest BCUT2D eigenvalue weighted by Crippen LogP contribution is -2.57. The number of carboxylic acid groups (broad SMARTS) is 1. The first-order chi connectivity index (χ1) is 16.8. The topological polar surface area (TPSA) is 142 Å². The predicted octanol–water partition coefficient (Wildman–Crippen LogP) is 0.864. The van der Waals surface area contributed by atoms with Crippen LogP contribution in [0.3, 0.4) is 0 Å². The van der Waals surface area contributed by atoms with Crippen molar-refractivity contribution in [3.05, 3.63) is 71.8 Å². The quantitative estimate of drug-likeness (QED) is 0.397. The molecule has 4 atom stereocenters. The summed E-state index contributed by atoms with van der Waals surface area (Å²) in [6.07, 6.45) is 1.58. The highest BCUT2D eigenvalue weighted by atomic mass is 16.4. The van der Waals surface area contributed by atoms with Crippen molar-refractivity contribution >= 4 is 23.7 Å². The van der Waals surface area contributed by atoms with Gasteiger partial charge in [0.25, 0.3) is 0 Å². The van der Waals surface area contributed by atoms with E-state index in [-0.39, 0.29) is 6.42 Å². The first-order valence-electron chi connectivity index (χ1n) is 11.7. The number of benzene rings is 2. The van der Waals surface area contributed by atoms with Crippen LogP contribution in [-0.2, 0) is 32.0 Å². The number of aliphatic carboxylic acids is 1. The standard InChI is InChI=1S/C26H32N4O5/c1-17(26(34)35)28-24(32)22-13-8-14-30(22)25(33)21(16-19-11-6-3-7-12-19)29-23(31)20(27)15-18-9-4-2-5-10-18/h2-7,9-12,17,20-22H,8,13-16,27H2,1H3,(H,28,32)(H,29,31)(H,34,35). The van der Waals surface area contributed by atoms with E-state index in [1.54, 1.807) is 0 Å². The molecule has 186 valence electrons. The van der Waals surface area contributed by atoms with Gasteiger partial charge in [0, 0.05) is 13.0 Å². The number of amides is 3. The SMILES string of the molecule is CC(NC(=O)C1CCCN1C(=O)C(Cc1ccccc1)NC(=O)C(N)Cc1ccccc1)C(=O)O. The fraction of sp³-hybridized carbons (Fsp3) is 0.385. The Morgan fingerprint density at radius 1 is 0.971 bits per heavy atom. The molecule has 0 saturated carbocycles. The van der Waals surface area contributed by atoms with Crippen LogP contribution >= 0.6 is 0 Å². The smallest absolute Gasteiger partial charge is 0.325 e. The molecule has 0 spiro atoms. The van der Waals surface area contributed by atoms with Crippen LogP contribution in [0.25, 0.3) is 0 Å². The maximum absolute atomic E-state index is 13.6. The molecule has 1 saturated heterocycles. The molecule has 5 N–H and O–H groups in total. The lowest BCUT2D eigenvalue weighted by molar-refractivity contribution is -0.144. The van der Waals surface area contributed by atoms with E-state index >= 15 is 0 Å². The Balaban J connectivity index is 1.75. The number of carbonyl (C=O) groups is 4. The minimum absolute atomic E-state index is 0.236. The molecule has 0 bridgehead atoms. The number of hydrogen-bond acceptors (Lipinski definition) is 5. The molecule has 1 aliphatic rings. The van der Waals surface area contributed by atoms with Crippen molar-refractivity contribution < 1.29 is 24.3 Å². The van der Waals surface area contributed by atoms with Gasteiger partial charge in [-0.15, -0.1) is 0 Å². The number of carbonyl (C=O) groups excluding carboxylic acids is 3. The third kappa shape index (κ3) is 7.13. The summed E-state index contributed by atoms with van der Waals surface area (Å²) in [5.41, 5.74) is 7.90. The summed E-state index contributed by atoms with van der Waals surface area (Å²) in [4.78, 5) is 51.8. The van der Waals surface area contributed by atoms with Crippen LogP contribution in [0.5, 0.6) is 0 Å². The van der Waals surface area contributed by atoms with Gasteiger partial charge in [0.1, 0.15) is 18.1 Å². The Hall–Kier alpha value is -3.72. The molecule has 3 rings (SSSR count). The van der Waals surface area contributed by atoms with E-state index in [4.69, 9.17) is 10.8 Å². The third-order valence-corrected chi connectivity index (χ3v) is 6.10. The summed E-state index contributed by atoms with van der Waals surface area (Å²) in [6, 6.07) is 15.0. The largest absolute Gasteiger partial charge is 0.480 e. The molecule has 1 fully saturated rings. The second kappa shape index (κ2) is 12.1. The number of carboxylic acids is 1. The molecule has 0 aromatic heterocycles. The Labute approximate surface area is 204 Å². The van der Waals surface area contributed by atoms with Gasteiger partial charge >= 0.3 is 5.97 Å². The summed E-state index contributed by atoms with van der Waals surface area (Å²) in [5, 5.41) is 14.3. The summed E-state index contributed by atoms with van der Waals surface area (Å²) in [5.74, 6) is -2.52. The van der Waals surface area contributed by atoms with E-state index in [2.05, 4.69) is 10.6 Å². The van der Waals surface area contributed by atoms with Gasteiger partial charge in [-0.1, -0.05) is 60.7 Å². The van der Waals surface area contributed by atoms with Gasteiger partial charge in [-0.3, -0.25) is 19.2 Å². The van der Waals surface area contributed by atoms with Gasteiger partial charge < -0.3 is 26.4 Å². The molecule has 2 aromatic carbocycles. The molecule has 0 aliphatic carbocycles. The molecule has 2 aromatic rings.